The monoisotopic (exact) mass is 323 g/mol. The molecule has 122 valence electrons. The van der Waals surface area contributed by atoms with E-state index in [9.17, 15) is 4.79 Å². The van der Waals surface area contributed by atoms with Crippen molar-refractivity contribution in [1.29, 1.82) is 0 Å². The number of carbonyl (C=O) groups is 1. The number of hydrogen-bond acceptors (Lipinski definition) is 5. The zero-order chi connectivity index (χ0) is 16.1. The van der Waals surface area contributed by atoms with E-state index in [0.29, 0.717) is 12.6 Å². The second-order valence-electron chi connectivity index (χ2n) is 5.93. The smallest absolute Gasteiger partial charge is 0.244 e. The lowest BCUT2D eigenvalue weighted by Crippen LogP contribution is -2.52. The number of aryl methyl sites for hydroxylation is 1. The topological polar surface area (TPSA) is 54.5 Å². The van der Waals surface area contributed by atoms with Gasteiger partial charge in [-0.05, 0) is 33.8 Å². The zero-order valence-electron chi connectivity index (χ0n) is 13.7. The van der Waals surface area contributed by atoms with E-state index in [1.165, 1.54) is 0 Å². The van der Waals surface area contributed by atoms with Gasteiger partial charge in [0.05, 0.1) is 22.9 Å². The molecule has 0 bridgehead atoms. The van der Waals surface area contributed by atoms with E-state index in [4.69, 9.17) is 4.74 Å². The zero-order valence-corrected chi connectivity index (χ0v) is 14.5. The number of ether oxygens (including phenoxy) is 1. The fraction of sp³-hybridized carbons (Fsp3) is 0.625. The molecular formula is C16H25N3O2S. The summed E-state index contributed by atoms with van der Waals surface area (Å²) in [5, 5.41) is 5.90. The lowest BCUT2D eigenvalue weighted by Gasteiger charge is -2.38. The Kier molecular flexibility index (Phi) is 6.11. The van der Waals surface area contributed by atoms with Gasteiger partial charge in [-0.25, -0.2) is 4.98 Å². The van der Waals surface area contributed by atoms with Crippen molar-refractivity contribution in [2.24, 2.45) is 0 Å². The van der Waals surface area contributed by atoms with Crippen LogP contribution in [0.3, 0.4) is 0 Å². The number of nitrogens with zero attached hydrogens (tertiary/aromatic N) is 2. The van der Waals surface area contributed by atoms with Crippen molar-refractivity contribution in [2.45, 2.75) is 45.9 Å². The Bertz CT molecular complexity index is 519. The van der Waals surface area contributed by atoms with E-state index in [0.717, 1.165) is 23.8 Å². The molecule has 1 aromatic heterocycles. The third kappa shape index (κ3) is 5.19. The number of nitrogens with one attached hydrogen (secondary N) is 1. The SMILES string of the molecule is Cc1nc(/C=C/C(=O)NCC(C)N2CC(C)OC(C)C2)cs1. The highest BCUT2D eigenvalue weighted by atomic mass is 32.1. The predicted molar refractivity (Wildman–Crippen MR) is 89.9 cm³/mol. The number of aromatic nitrogens is 1. The molecule has 1 aliphatic heterocycles. The molecule has 6 heteroatoms. The molecular weight excluding hydrogens is 298 g/mol. The second-order valence-corrected chi connectivity index (χ2v) is 6.99. The van der Waals surface area contributed by atoms with Crippen molar-refractivity contribution in [3.8, 4) is 0 Å². The summed E-state index contributed by atoms with van der Waals surface area (Å²) in [4.78, 5) is 18.5. The third-order valence-corrected chi connectivity index (χ3v) is 4.48. The molecule has 3 unspecified atom stereocenters. The lowest BCUT2D eigenvalue weighted by molar-refractivity contribution is -0.117. The predicted octanol–water partition coefficient (Wildman–Crippen LogP) is 2.08. The Morgan fingerprint density at radius 2 is 2.23 bits per heavy atom. The molecule has 0 aliphatic carbocycles. The van der Waals surface area contributed by atoms with E-state index in [1.807, 2.05) is 12.3 Å². The van der Waals surface area contributed by atoms with Crippen LogP contribution in [0.1, 0.15) is 31.5 Å². The molecule has 1 N–H and O–H groups in total. The maximum absolute atomic E-state index is 11.9. The Labute approximate surface area is 136 Å². The van der Waals surface area contributed by atoms with Crippen LogP contribution in [0.4, 0.5) is 0 Å². The highest BCUT2D eigenvalue weighted by Gasteiger charge is 2.25. The maximum Gasteiger partial charge on any atom is 0.244 e. The van der Waals surface area contributed by atoms with Gasteiger partial charge in [0.25, 0.3) is 0 Å². The Hall–Kier alpha value is -1.24. The Balaban J connectivity index is 1.76. The van der Waals surface area contributed by atoms with Gasteiger partial charge in [0, 0.05) is 37.1 Å². The Morgan fingerprint density at radius 1 is 1.55 bits per heavy atom. The van der Waals surface area contributed by atoms with E-state index >= 15 is 0 Å². The molecule has 1 aliphatic rings. The van der Waals surface area contributed by atoms with Crippen molar-refractivity contribution < 1.29 is 9.53 Å². The van der Waals surface area contributed by atoms with Gasteiger partial charge in [-0.15, -0.1) is 11.3 Å². The van der Waals surface area contributed by atoms with Gasteiger partial charge >= 0.3 is 0 Å². The highest BCUT2D eigenvalue weighted by molar-refractivity contribution is 7.09. The van der Waals surface area contributed by atoms with Gasteiger partial charge in [-0.2, -0.15) is 0 Å². The van der Waals surface area contributed by atoms with Crippen molar-refractivity contribution in [3.63, 3.8) is 0 Å². The average Bonchev–Trinajstić information content (AvgIpc) is 2.87. The number of morpholine rings is 1. The van der Waals surface area contributed by atoms with Crippen LogP contribution in [0.5, 0.6) is 0 Å². The normalized spacial score (nSPS) is 24.5. The summed E-state index contributed by atoms with van der Waals surface area (Å²) < 4.78 is 5.74. The van der Waals surface area contributed by atoms with E-state index < -0.39 is 0 Å². The van der Waals surface area contributed by atoms with Crippen molar-refractivity contribution in [1.82, 2.24) is 15.2 Å². The molecule has 1 saturated heterocycles. The van der Waals surface area contributed by atoms with Crippen LogP contribution in [-0.2, 0) is 9.53 Å². The summed E-state index contributed by atoms with van der Waals surface area (Å²) in [5.41, 5.74) is 0.835. The van der Waals surface area contributed by atoms with E-state index in [-0.39, 0.29) is 18.1 Å². The van der Waals surface area contributed by atoms with E-state index in [1.54, 1.807) is 23.5 Å². The minimum atomic E-state index is -0.0770. The van der Waals surface area contributed by atoms with Gasteiger partial charge in [-0.3, -0.25) is 9.69 Å². The Morgan fingerprint density at radius 3 is 2.82 bits per heavy atom. The van der Waals surface area contributed by atoms with Gasteiger partial charge in [0.15, 0.2) is 0 Å². The molecule has 0 spiro atoms. The van der Waals surface area contributed by atoms with E-state index in [2.05, 4.69) is 36.0 Å². The summed E-state index contributed by atoms with van der Waals surface area (Å²) in [5.74, 6) is -0.0770. The molecule has 1 fully saturated rings. The summed E-state index contributed by atoms with van der Waals surface area (Å²) in [6.07, 6.45) is 3.79. The molecule has 1 amide bonds. The quantitative estimate of drug-likeness (QED) is 0.843. The number of thiazole rings is 1. The van der Waals surface area contributed by atoms with Crippen molar-refractivity contribution in [2.75, 3.05) is 19.6 Å². The van der Waals surface area contributed by atoms with Crippen LogP contribution in [0.25, 0.3) is 6.08 Å². The molecule has 0 saturated carbocycles. The number of amides is 1. The third-order valence-electron chi connectivity index (χ3n) is 3.69. The first-order valence-corrected chi connectivity index (χ1v) is 8.59. The first-order valence-electron chi connectivity index (χ1n) is 7.71. The largest absolute Gasteiger partial charge is 0.373 e. The van der Waals surface area contributed by atoms with Gasteiger partial charge < -0.3 is 10.1 Å². The molecule has 2 rings (SSSR count). The van der Waals surface area contributed by atoms with Crippen molar-refractivity contribution in [3.05, 3.63) is 22.2 Å². The van der Waals surface area contributed by atoms with Crippen molar-refractivity contribution >= 4 is 23.3 Å². The number of rotatable bonds is 5. The number of hydrogen-bond donors (Lipinski definition) is 1. The highest BCUT2D eigenvalue weighted by Crippen LogP contribution is 2.13. The second kappa shape index (κ2) is 7.85. The molecule has 1 aromatic rings. The van der Waals surface area contributed by atoms with Crippen LogP contribution < -0.4 is 5.32 Å². The fourth-order valence-electron chi connectivity index (χ4n) is 2.63. The number of carbonyl (C=O) groups excluding carboxylic acids is 1. The first-order chi connectivity index (χ1) is 10.4. The molecule has 5 nitrogen and oxygen atoms in total. The first kappa shape index (κ1) is 17.1. The van der Waals surface area contributed by atoms with Crippen LogP contribution >= 0.6 is 11.3 Å². The van der Waals surface area contributed by atoms with Crippen LogP contribution in [-0.4, -0.2) is 53.7 Å². The summed E-state index contributed by atoms with van der Waals surface area (Å²) in [6, 6.07) is 0.299. The lowest BCUT2D eigenvalue weighted by atomic mass is 10.1. The van der Waals surface area contributed by atoms with Gasteiger partial charge in [-0.1, -0.05) is 0 Å². The fourth-order valence-corrected chi connectivity index (χ4v) is 3.21. The summed E-state index contributed by atoms with van der Waals surface area (Å²) in [7, 11) is 0. The standard InChI is InChI=1S/C16H25N3O2S/c1-11(19-8-12(2)21-13(3)9-19)7-17-16(20)6-5-15-10-22-14(4)18-15/h5-6,10-13H,7-9H2,1-4H3,(H,17,20)/b6-5+. The molecule has 3 atom stereocenters. The van der Waals surface area contributed by atoms with Gasteiger partial charge in [0.2, 0.25) is 5.91 Å². The molecule has 22 heavy (non-hydrogen) atoms. The minimum absolute atomic E-state index is 0.0770. The summed E-state index contributed by atoms with van der Waals surface area (Å²) in [6.45, 7) is 10.7. The van der Waals surface area contributed by atoms with Crippen LogP contribution in [0.2, 0.25) is 0 Å². The molecule has 2 heterocycles. The van der Waals surface area contributed by atoms with Crippen LogP contribution in [0, 0.1) is 6.92 Å². The summed E-state index contributed by atoms with van der Waals surface area (Å²) >= 11 is 1.58. The molecule has 0 radical (unpaired) electrons. The van der Waals surface area contributed by atoms with Gasteiger partial charge in [0.1, 0.15) is 0 Å². The van der Waals surface area contributed by atoms with Crippen LogP contribution in [0.15, 0.2) is 11.5 Å². The maximum atomic E-state index is 11.9. The average molecular weight is 323 g/mol. The minimum Gasteiger partial charge on any atom is -0.373 e. The molecule has 0 aromatic carbocycles.